The van der Waals surface area contributed by atoms with Crippen LogP contribution >= 0.6 is 0 Å². The Morgan fingerprint density at radius 1 is 1.33 bits per heavy atom. The predicted molar refractivity (Wildman–Crippen MR) is 37.3 cm³/mol. The molecule has 0 aliphatic heterocycles. The van der Waals surface area contributed by atoms with E-state index < -0.39 is 0 Å². The molecule has 0 saturated heterocycles. The van der Waals surface area contributed by atoms with Gasteiger partial charge in [-0.1, -0.05) is 0 Å². The van der Waals surface area contributed by atoms with Crippen molar-refractivity contribution in [3.63, 3.8) is 0 Å². The van der Waals surface area contributed by atoms with Crippen molar-refractivity contribution >= 4 is 11.4 Å². The zero-order chi connectivity index (χ0) is 7.97. The van der Waals surface area contributed by atoms with Gasteiger partial charge in [0, 0.05) is 12.3 Å². The highest BCUT2D eigenvalue weighted by molar-refractivity contribution is 5.42. The Bertz CT molecular complexity index is 485. The van der Waals surface area contributed by atoms with Gasteiger partial charge in [0.1, 0.15) is 6.33 Å². The van der Waals surface area contributed by atoms with Gasteiger partial charge in [-0.25, -0.2) is 4.52 Å². The van der Waals surface area contributed by atoms with Gasteiger partial charge in [-0.2, -0.15) is 14.6 Å². The second kappa shape index (κ2) is 1.76. The highest BCUT2D eigenvalue weighted by Crippen LogP contribution is 1.99. The van der Waals surface area contributed by atoms with Crippen LogP contribution in [-0.4, -0.2) is 34.6 Å². The van der Waals surface area contributed by atoms with E-state index in [9.17, 15) is 0 Å². The molecule has 0 aliphatic carbocycles. The molecule has 12 heavy (non-hydrogen) atoms. The van der Waals surface area contributed by atoms with Crippen molar-refractivity contribution in [2.75, 3.05) is 0 Å². The summed E-state index contributed by atoms with van der Waals surface area (Å²) >= 11 is 0. The molecule has 7 heteroatoms. The molecule has 58 valence electrons. The van der Waals surface area contributed by atoms with E-state index in [1.807, 2.05) is 0 Å². The zero-order valence-corrected chi connectivity index (χ0v) is 5.86. The van der Waals surface area contributed by atoms with Crippen LogP contribution in [0.4, 0.5) is 0 Å². The molecule has 3 aromatic rings. The van der Waals surface area contributed by atoms with E-state index >= 15 is 0 Å². The van der Waals surface area contributed by atoms with Gasteiger partial charge < -0.3 is 0 Å². The van der Waals surface area contributed by atoms with Crippen LogP contribution in [0.1, 0.15) is 0 Å². The highest BCUT2D eigenvalue weighted by atomic mass is 15.5. The van der Waals surface area contributed by atoms with Crippen LogP contribution in [0.2, 0.25) is 0 Å². The summed E-state index contributed by atoms with van der Waals surface area (Å²) < 4.78 is 3.12. The highest BCUT2D eigenvalue weighted by Gasteiger charge is 2.02. The first kappa shape index (κ1) is 5.58. The fourth-order valence-electron chi connectivity index (χ4n) is 1.08. The summed E-state index contributed by atoms with van der Waals surface area (Å²) in [6.07, 6.45) is 3.21. The lowest BCUT2D eigenvalue weighted by atomic mass is 10.6. The molecule has 0 aliphatic rings. The maximum absolute atomic E-state index is 3.99. The number of rotatable bonds is 0. The average molecular weight is 161 g/mol. The minimum atomic E-state index is 0.609. The first-order chi connectivity index (χ1) is 5.95. The molecule has 0 aromatic carbocycles. The second-order valence-electron chi connectivity index (χ2n) is 2.27. The Morgan fingerprint density at radius 3 is 3.33 bits per heavy atom. The minimum absolute atomic E-state index is 0.609. The maximum Gasteiger partial charge on any atom is 0.256 e. The summed E-state index contributed by atoms with van der Waals surface area (Å²) in [5.41, 5.74) is 0.663. The molecule has 0 bridgehead atoms. The molecular weight excluding hydrogens is 158 g/mol. The van der Waals surface area contributed by atoms with Crippen molar-refractivity contribution < 1.29 is 0 Å². The Hall–Kier alpha value is -2.05. The molecule has 0 fully saturated rings. The van der Waals surface area contributed by atoms with Gasteiger partial charge in [-0.15, -0.1) is 5.10 Å². The van der Waals surface area contributed by atoms with Gasteiger partial charge >= 0.3 is 0 Å². The summed E-state index contributed by atoms with van der Waals surface area (Å²) in [5, 5.41) is 15.0. The molecule has 0 saturated carbocycles. The third-order valence-electron chi connectivity index (χ3n) is 1.60. The monoisotopic (exact) mass is 161 g/mol. The summed E-state index contributed by atoms with van der Waals surface area (Å²) in [4.78, 5) is 3.99. The van der Waals surface area contributed by atoms with Gasteiger partial charge in [0.05, 0.1) is 0 Å². The van der Waals surface area contributed by atoms with E-state index in [2.05, 4.69) is 25.6 Å². The summed E-state index contributed by atoms with van der Waals surface area (Å²) in [5.74, 6) is 0.609. The second-order valence-corrected chi connectivity index (χ2v) is 2.27. The smallest absolute Gasteiger partial charge is 0.204 e. The molecule has 0 unspecified atom stereocenters. The van der Waals surface area contributed by atoms with Crippen LogP contribution in [-0.2, 0) is 0 Å². The normalized spacial score (nSPS) is 11.3. The summed E-state index contributed by atoms with van der Waals surface area (Å²) in [6, 6.07) is 1.77. The molecule has 0 atom stereocenters. The number of tetrazole rings is 1. The summed E-state index contributed by atoms with van der Waals surface area (Å²) in [6.45, 7) is 0. The van der Waals surface area contributed by atoms with Crippen LogP contribution in [0.5, 0.6) is 0 Å². The predicted octanol–water partition coefficient (Wildman–Crippen LogP) is -0.833. The standard InChI is InChI=1S/C5H3N7/c1-2-11-5(6-3-7-11)12-4(1)8-9-10-12/h1-3H. The van der Waals surface area contributed by atoms with E-state index in [0.29, 0.717) is 11.4 Å². The lowest BCUT2D eigenvalue weighted by Gasteiger charge is -1.90. The first-order valence-electron chi connectivity index (χ1n) is 3.31. The van der Waals surface area contributed by atoms with Crippen LogP contribution in [0, 0.1) is 0 Å². The number of fused-ring (bicyclic) bond motifs is 3. The molecule has 3 rings (SSSR count). The molecule has 0 amide bonds. The van der Waals surface area contributed by atoms with E-state index in [4.69, 9.17) is 0 Å². The van der Waals surface area contributed by atoms with Crippen molar-refractivity contribution in [3.05, 3.63) is 18.6 Å². The Balaban J connectivity index is 2.71. The fourth-order valence-corrected chi connectivity index (χ4v) is 1.08. The van der Waals surface area contributed by atoms with Gasteiger partial charge in [0.25, 0.3) is 5.78 Å². The average Bonchev–Trinajstić information content (AvgIpc) is 2.71. The fraction of sp³-hybridized carbons (Fsp3) is 0. The first-order valence-corrected chi connectivity index (χ1v) is 3.31. The lowest BCUT2D eigenvalue weighted by molar-refractivity contribution is 0.809. The molecule has 0 spiro atoms. The van der Waals surface area contributed by atoms with Crippen LogP contribution < -0.4 is 0 Å². The SMILES string of the molecule is c1nc2n(ccc3nnnn32)n1. The molecule has 0 radical (unpaired) electrons. The van der Waals surface area contributed by atoms with Crippen molar-refractivity contribution in [1.82, 2.24) is 34.6 Å². The maximum atomic E-state index is 3.99. The third-order valence-corrected chi connectivity index (χ3v) is 1.60. The number of aromatic nitrogens is 7. The Labute approximate surface area is 65.6 Å². The van der Waals surface area contributed by atoms with Crippen molar-refractivity contribution in [2.45, 2.75) is 0 Å². The van der Waals surface area contributed by atoms with E-state index in [1.54, 1.807) is 16.8 Å². The van der Waals surface area contributed by atoms with E-state index in [1.165, 1.54) is 10.8 Å². The number of hydrogen-bond donors (Lipinski definition) is 0. The minimum Gasteiger partial charge on any atom is -0.204 e. The zero-order valence-electron chi connectivity index (χ0n) is 5.86. The quantitative estimate of drug-likeness (QED) is 0.430. The van der Waals surface area contributed by atoms with E-state index in [-0.39, 0.29) is 0 Å². The lowest BCUT2D eigenvalue weighted by Crippen LogP contribution is -1.96. The molecule has 3 aromatic heterocycles. The molecule has 7 nitrogen and oxygen atoms in total. The van der Waals surface area contributed by atoms with Crippen molar-refractivity contribution in [3.8, 4) is 0 Å². The Kier molecular flexibility index (Phi) is 0.817. The molecular formula is C5H3N7. The largest absolute Gasteiger partial charge is 0.256 e. The van der Waals surface area contributed by atoms with Crippen LogP contribution in [0.25, 0.3) is 11.4 Å². The number of hydrogen-bond acceptors (Lipinski definition) is 5. The van der Waals surface area contributed by atoms with Gasteiger partial charge in [-0.05, 0) is 10.4 Å². The van der Waals surface area contributed by atoms with Crippen molar-refractivity contribution in [2.24, 2.45) is 0 Å². The van der Waals surface area contributed by atoms with Crippen molar-refractivity contribution in [1.29, 1.82) is 0 Å². The van der Waals surface area contributed by atoms with Gasteiger partial charge in [-0.3, -0.25) is 0 Å². The van der Waals surface area contributed by atoms with Gasteiger partial charge in [0.15, 0.2) is 5.65 Å². The Morgan fingerprint density at radius 2 is 2.33 bits per heavy atom. The van der Waals surface area contributed by atoms with Gasteiger partial charge in [0.2, 0.25) is 0 Å². The number of nitrogens with zero attached hydrogens (tertiary/aromatic N) is 7. The van der Waals surface area contributed by atoms with E-state index in [0.717, 1.165) is 0 Å². The van der Waals surface area contributed by atoms with Crippen LogP contribution in [0.3, 0.4) is 0 Å². The topological polar surface area (TPSA) is 73.3 Å². The van der Waals surface area contributed by atoms with Crippen LogP contribution in [0.15, 0.2) is 18.6 Å². The third kappa shape index (κ3) is 0.529. The summed E-state index contributed by atoms with van der Waals surface area (Å²) in [7, 11) is 0. The molecule has 0 N–H and O–H groups in total. The molecule has 3 heterocycles.